The molecule has 0 aliphatic carbocycles. The molecule has 3 aromatic carbocycles. The summed E-state index contributed by atoms with van der Waals surface area (Å²) in [7, 11) is 2.55. The van der Waals surface area contributed by atoms with E-state index in [0.29, 0.717) is 18.3 Å². The number of carbonyl (C=O) groups is 4. The van der Waals surface area contributed by atoms with Crippen molar-refractivity contribution in [3.63, 3.8) is 0 Å². The average molecular weight is 763 g/mol. The molecule has 2 fully saturated rings. The number of rotatable bonds is 7. The molecule has 0 spiro atoms. The van der Waals surface area contributed by atoms with Crippen LogP contribution in [0.5, 0.6) is 5.75 Å². The van der Waals surface area contributed by atoms with Crippen molar-refractivity contribution in [2.24, 2.45) is 0 Å². The van der Waals surface area contributed by atoms with E-state index < -0.39 is 24.3 Å². The second-order valence-electron chi connectivity index (χ2n) is 15.1. The van der Waals surface area contributed by atoms with E-state index in [2.05, 4.69) is 61.7 Å². The highest BCUT2D eigenvalue weighted by Gasteiger charge is 2.40. The fourth-order valence-corrected chi connectivity index (χ4v) is 8.58. The van der Waals surface area contributed by atoms with E-state index in [9.17, 15) is 19.2 Å². The van der Waals surface area contributed by atoms with E-state index in [-0.39, 0.29) is 36.0 Å². The van der Waals surface area contributed by atoms with Crippen LogP contribution in [0, 0.1) is 0 Å². The van der Waals surface area contributed by atoms with E-state index in [1.165, 1.54) is 14.2 Å². The van der Waals surface area contributed by atoms with Crippen LogP contribution in [0.25, 0.3) is 44.2 Å². The number of H-pyrrole nitrogens is 2. The molecule has 5 aromatic rings. The number of alkyl carbamates (subject to hydrolysis) is 2. The van der Waals surface area contributed by atoms with Crippen molar-refractivity contribution in [1.29, 1.82) is 0 Å². The molecule has 5 heterocycles. The fourth-order valence-electron chi connectivity index (χ4n) is 8.58. The van der Waals surface area contributed by atoms with Crippen LogP contribution in [0.2, 0.25) is 0 Å². The predicted octanol–water partition coefficient (Wildman–Crippen LogP) is 6.26. The largest absolute Gasteiger partial charge is 0.488 e. The molecule has 15 heteroatoms. The molecule has 6 atom stereocenters. The quantitative estimate of drug-likeness (QED) is 0.149. The molecular formula is C41H46N8O7. The zero-order valence-corrected chi connectivity index (χ0v) is 32.3. The molecule has 56 heavy (non-hydrogen) atoms. The Labute approximate surface area is 323 Å². The van der Waals surface area contributed by atoms with Crippen molar-refractivity contribution in [3.8, 4) is 28.1 Å². The Morgan fingerprint density at radius 3 is 2.09 bits per heavy atom. The standard InChI is InChI=1S/C41H46N8O7/c1-20-7-13-32(48(20)38(50)22(3)43-40(52)54-5)36-42-18-31(46-36)25-9-11-27-26(15-25)19-56-34-17-28-24(16-29(27)34)10-12-30-35(28)47-37(45-30)33-14-8-21(2)49(33)39(51)23(4)44-41(53)55-6/h9-12,15-18,20-23,32-33H,7-8,13-14,19H2,1-6H3,(H,42,46)(H,43,52)(H,44,53)(H,45,47)/t20-,21-,22-,23-,32-,33-/m0/s1. The Balaban J connectivity index is 1.04. The third-order valence-electron chi connectivity index (χ3n) is 11.5. The first-order valence-corrected chi connectivity index (χ1v) is 19.1. The van der Waals surface area contributed by atoms with Gasteiger partial charge < -0.3 is 44.6 Å². The normalized spacial score (nSPS) is 21.2. The van der Waals surface area contributed by atoms with E-state index in [1.807, 2.05) is 29.7 Å². The molecule has 3 aliphatic heterocycles. The molecule has 8 rings (SSSR count). The predicted molar refractivity (Wildman–Crippen MR) is 208 cm³/mol. The van der Waals surface area contributed by atoms with Gasteiger partial charge in [0.05, 0.1) is 49.2 Å². The number of fused-ring (bicyclic) bond motifs is 6. The maximum Gasteiger partial charge on any atom is 0.407 e. The van der Waals surface area contributed by atoms with Crippen LogP contribution in [-0.2, 0) is 25.7 Å². The maximum absolute atomic E-state index is 13.5. The number of ether oxygens (including phenoxy) is 3. The number of hydrogen-bond acceptors (Lipinski definition) is 9. The number of hydrogen-bond donors (Lipinski definition) is 4. The van der Waals surface area contributed by atoms with Crippen LogP contribution in [0.1, 0.15) is 82.7 Å². The summed E-state index contributed by atoms with van der Waals surface area (Å²) in [5.41, 5.74) is 6.58. The Hall–Kier alpha value is -6.12. The van der Waals surface area contributed by atoms with Crippen molar-refractivity contribution < 1.29 is 33.4 Å². The molecule has 0 saturated carbocycles. The lowest BCUT2D eigenvalue weighted by Crippen LogP contribution is -2.48. The number of nitrogens with one attached hydrogen (secondary N) is 4. The number of methoxy groups -OCH3 is 2. The first-order valence-electron chi connectivity index (χ1n) is 19.1. The number of benzene rings is 3. The summed E-state index contributed by atoms with van der Waals surface area (Å²) in [4.78, 5) is 70.8. The number of amides is 4. The van der Waals surface area contributed by atoms with Gasteiger partial charge in [0.2, 0.25) is 11.8 Å². The topological polar surface area (TPSA) is 184 Å². The maximum atomic E-state index is 13.5. The van der Waals surface area contributed by atoms with Crippen LogP contribution in [0.3, 0.4) is 0 Å². The summed E-state index contributed by atoms with van der Waals surface area (Å²) < 4.78 is 15.8. The van der Waals surface area contributed by atoms with Crippen LogP contribution < -0.4 is 15.4 Å². The SMILES string of the molecule is COC(=O)N[C@@H](C)C(=O)N1[C@@H](C)CC[C@H]1c1ncc(-c2ccc3c(c2)COc2cc4c(ccc5nc([C@@H]6CC[C@H](C)N6C(=O)[C@H](C)NC(=O)OC)[nH]c54)cc2-3)[nH]1. The number of imidazole rings is 2. The van der Waals surface area contributed by atoms with Gasteiger partial charge in [-0.25, -0.2) is 19.6 Å². The van der Waals surface area contributed by atoms with Gasteiger partial charge in [-0.15, -0.1) is 0 Å². The summed E-state index contributed by atoms with van der Waals surface area (Å²) in [6, 6.07) is 12.6. The number of nitrogens with zero attached hydrogens (tertiary/aromatic N) is 4. The van der Waals surface area contributed by atoms with Gasteiger partial charge in [-0.05, 0) is 99.7 Å². The van der Waals surface area contributed by atoms with Crippen LogP contribution in [-0.4, -0.2) is 92.1 Å². The smallest absolute Gasteiger partial charge is 0.407 e. The third-order valence-corrected chi connectivity index (χ3v) is 11.5. The monoisotopic (exact) mass is 762 g/mol. The van der Waals surface area contributed by atoms with Gasteiger partial charge in [0, 0.05) is 23.0 Å². The van der Waals surface area contributed by atoms with E-state index >= 15 is 0 Å². The zero-order valence-electron chi connectivity index (χ0n) is 32.3. The Morgan fingerprint density at radius 1 is 0.804 bits per heavy atom. The van der Waals surface area contributed by atoms with Crippen molar-refractivity contribution in [2.45, 2.75) is 96.2 Å². The molecule has 2 aromatic heterocycles. The van der Waals surface area contributed by atoms with Crippen molar-refractivity contribution in [3.05, 3.63) is 65.9 Å². The van der Waals surface area contributed by atoms with E-state index in [1.54, 1.807) is 20.0 Å². The highest BCUT2D eigenvalue weighted by molar-refractivity contribution is 6.07. The minimum absolute atomic E-state index is 0.00404. The second kappa shape index (κ2) is 14.5. The fraction of sp³-hybridized carbons (Fsp3) is 0.415. The molecule has 0 unspecified atom stereocenters. The number of aromatic amines is 2. The third kappa shape index (κ3) is 6.43. The van der Waals surface area contributed by atoms with Crippen molar-refractivity contribution >= 4 is 45.8 Å². The van der Waals surface area contributed by atoms with Crippen LogP contribution >= 0.6 is 0 Å². The molecular weight excluding hydrogens is 716 g/mol. The first-order chi connectivity index (χ1) is 26.9. The molecule has 15 nitrogen and oxygen atoms in total. The number of carbonyl (C=O) groups excluding carboxylic acids is 4. The van der Waals surface area contributed by atoms with Crippen molar-refractivity contribution in [1.82, 2.24) is 40.4 Å². The summed E-state index contributed by atoms with van der Waals surface area (Å²) >= 11 is 0. The lowest BCUT2D eigenvalue weighted by Gasteiger charge is -2.30. The van der Waals surface area contributed by atoms with Crippen molar-refractivity contribution in [2.75, 3.05) is 14.2 Å². The molecule has 4 N–H and O–H groups in total. The van der Waals surface area contributed by atoms with Gasteiger partial charge in [0.25, 0.3) is 0 Å². The zero-order chi connectivity index (χ0) is 39.4. The Kier molecular flexibility index (Phi) is 9.54. The van der Waals surface area contributed by atoms with Gasteiger partial charge in [0.15, 0.2) is 0 Å². The average Bonchev–Trinajstić information content (AvgIpc) is 4.02. The summed E-state index contributed by atoms with van der Waals surface area (Å²) in [5, 5.41) is 7.18. The molecule has 4 amide bonds. The van der Waals surface area contributed by atoms with Crippen LogP contribution in [0.15, 0.2) is 48.7 Å². The van der Waals surface area contributed by atoms with Gasteiger partial charge >= 0.3 is 12.2 Å². The van der Waals surface area contributed by atoms with E-state index in [0.717, 1.165) is 81.2 Å². The molecule has 3 aliphatic rings. The highest BCUT2D eigenvalue weighted by Crippen LogP contribution is 2.44. The molecule has 0 radical (unpaired) electrons. The summed E-state index contributed by atoms with van der Waals surface area (Å²) in [6.07, 6.45) is 3.66. The van der Waals surface area contributed by atoms with Gasteiger partial charge in [-0.1, -0.05) is 18.2 Å². The summed E-state index contributed by atoms with van der Waals surface area (Å²) in [5.74, 6) is 1.82. The minimum atomic E-state index is -0.743. The highest BCUT2D eigenvalue weighted by atomic mass is 16.5. The lowest BCUT2D eigenvalue weighted by atomic mass is 9.92. The van der Waals surface area contributed by atoms with E-state index in [4.69, 9.17) is 19.4 Å². The molecule has 292 valence electrons. The van der Waals surface area contributed by atoms with Gasteiger partial charge in [-0.2, -0.15) is 0 Å². The summed E-state index contributed by atoms with van der Waals surface area (Å²) in [6.45, 7) is 7.73. The Bertz CT molecular complexity index is 2370. The molecule has 0 bridgehead atoms. The molecule has 2 saturated heterocycles. The lowest BCUT2D eigenvalue weighted by molar-refractivity contribution is -0.136. The second-order valence-corrected chi connectivity index (χ2v) is 15.1. The number of likely N-dealkylation sites (tertiary alicyclic amines) is 2. The Morgan fingerprint density at radius 2 is 1.45 bits per heavy atom. The minimum Gasteiger partial charge on any atom is -0.488 e. The van der Waals surface area contributed by atoms with Gasteiger partial charge in [0.1, 0.15) is 36.1 Å². The van der Waals surface area contributed by atoms with Crippen LogP contribution in [0.4, 0.5) is 9.59 Å². The first kappa shape index (κ1) is 36.8. The van der Waals surface area contributed by atoms with Gasteiger partial charge in [-0.3, -0.25) is 9.59 Å². The number of aromatic nitrogens is 4.